The topological polar surface area (TPSA) is 21.3 Å². The summed E-state index contributed by atoms with van der Waals surface area (Å²) >= 11 is 0. The molecule has 0 spiro atoms. The minimum atomic E-state index is -0.146. The van der Waals surface area contributed by atoms with E-state index in [0.717, 1.165) is 31.5 Å². The Morgan fingerprint density at radius 3 is 2.67 bits per heavy atom. The average molecular weight is 207 g/mol. The normalized spacial score (nSPS) is 21.1. The predicted molar refractivity (Wildman–Crippen MR) is 55.7 cm³/mol. The van der Waals surface area contributed by atoms with Crippen LogP contribution in [-0.2, 0) is 0 Å². The molecule has 0 aromatic heterocycles. The molecule has 2 nitrogen and oxygen atoms in total. The molecule has 0 radical (unpaired) electrons. The third kappa shape index (κ3) is 1.72. The summed E-state index contributed by atoms with van der Waals surface area (Å²) in [4.78, 5) is 0. The molecular formula is C12H14FNO. The molecule has 1 aliphatic heterocycles. The van der Waals surface area contributed by atoms with E-state index in [-0.39, 0.29) is 11.9 Å². The van der Waals surface area contributed by atoms with Crippen LogP contribution >= 0.6 is 0 Å². The minimum Gasteiger partial charge on any atom is -0.485 e. The molecule has 0 unspecified atom stereocenters. The highest BCUT2D eigenvalue weighted by molar-refractivity contribution is 5.35. The van der Waals surface area contributed by atoms with Crippen LogP contribution in [0.5, 0.6) is 5.75 Å². The SMILES string of the molecule is Fc1c(OC2CNC2)cccc1C1CC1. The zero-order valence-electron chi connectivity index (χ0n) is 8.50. The van der Waals surface area contributed by atoms with Crippen molar-refractivity contribution in [2.45, 2.75) is 24.9 Å². The first-order chi connectivity index (χ1) is 7.34. The monoisotopic (exact) mass is 207 g/mol. The van der Waals surface area contributed by atoms with Gasteiger partial charge in [0.1, 0.15) is 6.10 Å². The van der Waals surface area contributed by atoms with E-state index in [2.05, 4.69) is 5.32 Å². The van der Waals surface area contributed by atoms with Crippen LogP contribution in [0.25, 0.3) is 0 Å². The molecule has 80 valence electrons. The Morgan fingerprint density at radius 2 is 2.07 bits per heavy atom. The molecular weight excluding hydrogens is 193 g/mol. The van der Waals surface area contributed by atoms with Gasteiger partial charge in [-0.25, -0.2) is 4.39 Å². The summed E-state index contributed by atoms with van der Waals surface area (Å²) in [5, 5.41) is 3.10. The van der Waals surface area contributed by atoms with Gasteiger partial charge in [0.05, 0.1) is 0 Å². The standard InChI is InChI=1S/C12H14FNO/c13-12-10(8-4-5-8)2-1-3-11(12)15-9-6-14-7-9/h1-3,8-9,14H,4-7H2. The molecule has 1 saturated heterocycles. The van der Waals surface area contributed by atoms with E-state index in [0.29, 0.717) is 11.7 Å². The third-order valence-corrected chi connectivity index (χ3v) is 3.05. The molecule has 0 atom stereocenters. The van der Waals surface area contributed by atoms with Crippen molar-refractivity contribution in [3.63, 3.8) is 0 Å². The quantitative estimate of drug-likeness (QED) is 0.819. The lowest BCUT2D eigenvalue weighted by Crippen LogP contribution is -2.50. The molecule has 3 heteroatoms. The average Bonchev–Trinajstić information content (AvgIpc) is 2.97. The van der Waals surface area contributed by atoms with E-state index in [9.17, 15) is 4.39 Å². The Kier molecular flexibility index (Phi) is 2.13. The highest BCUT2D eigenvalue weighted by Crippen LogP contribution is 2.42. The van der Waals surface area contributed by atoms with Crippen molar-refractivity contribution in [3.05, 3.63) is 29.6 Å². The van der Waals surface area contributed by atoms with Crippen LogP contribution in [0, 0.1) is 5.82 Å². The maximum Gasteiger partial charge on any atom is 0.168 e. The molecule has 0 amide bonds. The zero-order valence-corrected chi connectivity index (χ0v) is 8.50. The molecule has 1 aliphatic carbocycles. The van der Waals surface area contributed by atoms with Gasteiger partial charge in [-0.15, -0.1) is 0 Å². The van der Waals surface area contributed by atoms with E-state index in [1.54, 1.807) is 6.07 Å². The van der Waals surface area contributed by atoms with Crippen molar-refractivity contribution in [2.24, 2.45) is 0 Å². The molecule has 1 N–H and O–H groups in total. The number of hydrogen-bond acceptors (Lipinski definition) is 2. The van der Waals surface area contributed by atoms with E-state index < -0.39 is 0 Å². The second-order valence-corrected chi connectivity index (χ2v) is 4.33. The van der Waals surface area contributed by atoms with Gasteiger partial charge in [-0.1, -0.05) is 12.1 Å². The van der Waals surface area contributed by atoms with Crippen molar-refractivity contribution in [1.82, 2.24) is 5.32 Å². The fourth-order valence-electron chi connectivity index (χ4n) is 1.85. The van der Waals surface area contributed by atoms with Crippen LogP contribution in [-0.4, -0.2) is 19.2 Å². The number of halogens is 1. The summed E-state index contributed by atoms with van der Waals surface area (Å²) in [6.45, 7) is 1.65. The highest BCUT2D eigenvalue weighted by Gasteiger charge is 2.28. The summed E-state index contributed by atoms with van der Waals surface area (Å²) in [5.74, 6) is 0.714. The van der Waals surface area contributed by atoms with E-state index in [1.807, 2.05) is 12.1 Å². The smallest absolute Gasteiger partial charge is 0.168 e. The van der Waals surface area contributed by atoms with Gasteiger partial charge in [-0.2, -0.15) is 0 Å². The van der Waals surface area contributed by atoms with Crippen LogP contribution in [0.1, 0.15) is 24.3 Å². The van der Waals surface area contributed by atoms with Crippen LogP contribution in [0.15, 0.2) is 18.2 Å². The largest absolute Gasteiger partial charge is 0.485 e. The Bertz CT molecular complexity index is 372. The molecule has 0 bridgehead atoms. The summed E-state index contributed by atoms with van der Waals surface area (Å²) in [7, 11) is 0. The second-order valence-electron chi connectivity index (χ2n) is 4.33. The van der Waals surface area contributed by atoms with Gasteiger partial charge in [0, 0.05) is 13.1 Å². The second kappa shape index (κ2) is 3.49. The molecule has 1 aromatic carbocycles. The maximum atomic E-state index is 13.9. The van der Waals surface area contributed by atoms with Crippen LogP contribution in [0.3, 0.4) is 0 Å². The van der Waals surface area contributed by atoms with Gasteiger partial charge in [-0.3, -0.25) is 0 Å². The Hall–Kier alpha value is -1.09. The van der Waals surface area contributed by atoms with E-state index in [4.69, 9.17) is 4.74 Å². The predicted octanol–water partition coefficient (Wildman–Crippen LogP) is 2.05. The summed E-state index contributed by atoms with van der Waals surface area (Å²) < 4.78 is 19.5. The van der Waals surface area contributed by atoms with Crippen molar-refractivity contribution in [1.29, 1.82) is 0 Å². The number of hydrogen-bond donors (Lipinski definition) is 1. The lowest BCUT2D eigenvalue weighted by Gasteiger charge is -2.28. The molecule has 2 fully saturated rings. The van der Waals surface area contributed by atoms with Gasteiger partial charge in [0.25, 0.3) is 0 Å². The highest BCUT2D eigenvalue weighted by atomic mass is 19.1. The first kappa shape index (κ1) is 9.16. The molecule has 3 rings (SSSR count). The minimum absolute atomic E-state index is 0.146. The molecule has 2 aliphatic rings. The van der Waals surface area contributed by atoms with Gasteiger partial charge < -0.3 is 10.1 Å². The summed E-state index contributed by atoms with van der Waals surface area (Å²) in [6.07, 6.45) is 2.38. The van der Waals surface area contributed by atoms with Crippen molar-refractivity contribution >= 4 is 0 Å². The molecule has 1 heterocycles. The van der Waals surface area contributed by atoms with Crippen molar-refractivity contribution < 1.29 is 9.13 Å². The number of nitrogens with one attached hydrogen (secondary N) is 1. The lowest BCUT2D eigenvalue weighted by molar-refractivity contribution is 0.136. The van der Waals surface area contributed by atoms with Gasteiger partial charge in [0.15, 0.2) is 11.6 Å². The fraction of sp³-hybridized carbons (Fsp3) is 0.500. The van der Waals surface area contributed by atoms with E-state index >= 15 is 0 Å². The lowest BCUT2D eigenvalue weighted by atomic mass is 10.1. The number of ether oxygens (including phenoxy) is 1. The van der Waals surface area contributed by atoms with Gasteiger partial charge in [-0.05, 0) is 30.4 Å². The van der Waals surface area contributed by atoms with Crippen LogP contribution in [0.4, 0.5) is 4.39 Å². The summed E-state index contributed by atoms with van der Waals surface area (Å²) in [6, 6.07) is 5.48. The Labute approximate surface area is 88.4 Å². The number of benzene rings is 1. The first-order valence-electron chi connectivity index (χ1n) is 5.50. The molecule has 15 heavy (non-hydrogen) atoms. The third-order valence-electron chi connectivity index (χ3n) is 3.05. The Morgan fingerprint density at radius 1 is 1.27 bits per heavy atom. The van der Waals surface area contributed by atoms with Crippen LogP contribution in [0.2, 0.25) is 0 Å². The fourth-order valence-corrected chi connectivity index (χ4v) is 1.85. The zero-order chi connectivity index (χ0) is 10.3. The van der Waals surface area contributed by atoms with E-state index in [1.165, 1.54) is 0 Å². The summed E-state index contributed by atoms with van der Waals surface area (Å²) in [5.41, 5.74) is 0.833. The van der Waals surface area contributed by atoms with Crippen molar-refractivity contribution in [3.8, 4) is 5.75 Å². The number of rotatable bonds is 3. The van der Waals surface area contributed by atoms with Gasteiger partial charge >= 0.3 is 0 Å². The van der Waals surface area contributed by atoms with Crippen molar-refractivity contribution in [2.75, 3.05) is 13.1 Å². The first-order valence-corrected chi connectivity index (χ1v) is 5.50. The molecule has 1 aromatic rings. The maximum absolute atomic E-state index is 13.9. The Balaban J connectivity index is 1.82. The van der Waals surface area contributed by atoms with Crippen LogP contribution < -0.4 is 10.1 Å². The van der Waals surface area contributed by atoms with Gasteiger partial charge in [0.2, 0.25) is 0 Å². The molecule has 1 saturated carbocycles.